The van der Waals surface area contributed by atoms with E-state index >= 15 is 0 Å². The fourth-order valence-electron chi connectivity index (χ4n) is 2.96. The number of rotatable bonds is 6. The Kier molecular flexibility index (Phi) is 5.28. The first-order chi connectivity index (χ1) is 12.1. The van der Waals surface area contributed by atoms with E-state index in [4.69, 9.17) is 18.6 Å². The van der Waals surface area contributed by atoms with Crippen molar-refractivity contribution in [1.82, 2.24) is 5.32 Å². The van der Waals surface area contributed by atoms with Crippen LogP contribution in [0.4, 0.5) is 0 Å². The first kappa shape index (κ1) is 17.4. The van der Waals surface area contributed by atoms with Crippen LogP contribution in [0, 0.1) is 5.92 Å². The summed E-state index contributed by atoms with van der Waals surface area (Å²) in [4.78, 5) is 11.7. The quantitative estimate of drug-likeness (QED) is 0.810. The van der Waals surface area contributed by atoms with Gasteiger partial charge in [-0.2, -0.15) is 0 Å². The van der Waals surface area contributed by atoms with Crippen molar-refractivity contribution in [2.75, 3.05) is 20.3 Å². The zero-order valence-electron chi connectivity index (χ0n) is 14.7. The lowest BCUT2D eigenvalue weighted by Gasteiger charge is -2.25. The number of hydrogen-bond acceptors (Lipinski definition) is 6. The molecule has 0 unspecified atom stereocenters. The van der Waals surface area contributed by atoms with Gasteiger partial charge in [0, 0.05) is 18.2 Å². The number of esters is 1. The Morgan fingerprint density at radius 3 is 2.68 bits per heavy atom. The highest BCUT2D eigenvalue weighted by molar-refractivity contribution is 5.87. The standard InChI is InChI=1S/C19H23NO5/c1-12(2)17(13-4-5-15-16(10-13)24-9-8-23-15)20-11-14-6-7-25-18(14)19(21)22-3/h4-7,10,12,17,20H,8-9,11H2,1-3H3/t17-/m0/s1. The Morgan fingerprint density at radius 2 is 1.96 bits per heavy atom. The van der Waals surface area contributed by atoms with Gasteiger partial charge in [0.15, 0.2) is 11.5 Å². The van der Waals surface area contributed by atoms with Crippen molar-refractivity contribution in [1.29, 1.82) is 0 Å². The number of nitrogens with one attached hydrogen (secondary N) is 1. The normalized spacial score (nSPS) is 14.4. The summed E-state index contributed by atoms with van der Waals surface area (Å²) in [6, 6.07) is 7.88. The van der Waals surface area contributed by atoms with E-state index in [1.165, 1.54) is 13.4 Å². The molecule has 1 aromatic carbocycles. The summed E-state index contributed by atoms with van der Waals surface area (Å²) >= 11 is 0. The maximum Gasteiger partial charge on any atom is 0.374 e. The highest BCUT2D eigenvalue weighted by atomic mass is 16.6. The number of benzene rings is 1. The van der Waals surface area contributed by atoms with Crippen molar-refractivity contribution < 1.29 is 23.4 Å². The summed E-state index contributed by atoms with van der Waals surface area (Å²) in [7, 11) is 1.34. The van der Waals surface area contributed by atoms with Gasteiger partial charge in [-0.1, -0.05) is 19.9 Å². The monoisotopic (exact) mass is 345 g/mol. The minimum Gasteiger partial charge on any atom is -0.486 e. The molecule has 134 valence electrons. The first-order valence-corrected chi connectivity index (χ1v) is 8.37. The lowest BCUT2D eigenvalue weighted by molar-refractivity contribution is 0.0563. The number of fused-ring (bicyclic) bond motifs is 1. The van der Waals surface area contributed by atoms with E-state index in [1.807, 2.05) is 18.2 Å². The van der Waals surface area contributed by atoms with Crippen LogP contribution in [-0.4, -0.2) is 26.3 Å². The van der Waals surface area contributed by atoms with Crippen LogP contribution in [0.5, 0.6) is 11.5 Å². The van der Waals surface area contributed by atoms with Crippen molar-refractivity contribution in [2.24, 2.45) is 5.92 Å². The van der Waals surface area contributed by atoms with E-state index in [2.05, 4.69) is 19.2 Å². The molecule has 6 heteroatoms. The highest BCUT2D eigenvalue weighted by Crippen LogP contribution is 2.34. The van der Waals surface area contributed by atoms with Crippen molar-refractivity contribution in [3.63, 3.8) is 0 Å². The molecular formula is C19H23NO5. The summed E-state index contributed by atoms with van der Waals surface area (Å²) in [5.41, 5.74) is 1.89. The maximum absolute atomic E-state index is 11.7. The highest BCUT2D eigenvalue weighted by Gasteiger charge is 2.21. The largest absolute Gasteiger partial charge is 0.486 e. The molecule has 0 radical (unpaired) electrons. The minimum absolute atomic E-state index is 0.0937. The zero-order valence-corrected chi connectivity index (χ0v) is 14.7. The van der Waals surface area contributed by atoms with Gasteiger partial charge in [0.1, 0.15) is 13.2 Å². The van der Waals surface area contributed by atoms with Crippen molar-refractivity contribution in [3.05, 3.63) is 47.4 Å². The van der Waals surface area contributed by atoms with Crippen molar-refractivity contribution in [2.45, 2.75) is 26.4 Å². The minimum atomic E-state index is -0.470. The van der Waals surface area contributed by atoms with Crippen LogP contribution in [0.3, 0.4) is 0 Å². The third kappa shape index (κ3) is 3.79. The molecule has 25 heavy (non-hydrogen) atoms. The van der Waals surface area contributed by atoms with Gasteiger partial charge in [-0.05, 0) is 29.7 Å². The Labute approximate surface area is 147 Å². The summed E-state index contributed by atoms with van der Waals surface area (Å²) in [6.45, 7) is 5.93. The van der Waals surface area contributed by atoms with E-state index in [9.17, 15) is 4.79 Å². The Morgan fingerprint density at radius 1 is 1.20 bits per heavy atom. The van der Waals surface area contributed by atoms with Gasteiger partial charge < -0.3 is 23.9 Å². The summed E-state index contributed by atoms with van der Waals surface area (Å²) < 4.78 is 21.2. The van der Waals surface area contributed by atoms with Gasteiger partial charge in [0.25, 0.3) is 0 Å². The van der Waals surface area contributed by atoms with Gasteiger partial charge in [0.2, 0.25) is 5.76 Å². The average molecular weight is 345 g/mol. The van der Waals surface area contributed by atoms with Gasteiger partial charge in [-0.25, -0.2) is 4.79 Å². The Bertz CT molecular complexity index is 737. The van der Waals surface area contributed by atoms with Crippen molar-refractivity contribution >= 4 is 5.97 Å². The molecule has 1 N–H and O–H groups in total. The molecule has 2 heterocycles. The molecule has 1 aromatic heterocycles. The summed E-state index contributed by atoms with van der Waals surface area (Å²) in [6.07, 6.45) is 1.50. The SMILES string of the molecule is COC(=O)c1occc1CN[C@H](c1ccc2c(c1)OCCO2)C(C)C. The third-order valence-electron chi connectivity index (χ3n) is 4.22. The Hall–Kier alpha value is -2.47. The summed E-state index contributed by atoms with van der Waals surface area (Å²) in [5.74, 6) is 1.66. The lowest BCUT2D eigenvalue weighted by Crippen LogP contribution is -2.26. The second-order valence-electron chi connectivity index (χ2n) is 6.27. The zero-order chi connectivity index (χ0) is 17.8. The van der Waals surface area contributed by atoms with E-state index in [0.29, 0.717) is 25.7 Å². The topological polar surface area (TPSA) is 69.9 Å². The van der Waals surface area contributed by atoms with E-state index in [0.717, 1.165) is 22.6 Å². The van der Waals surface area contributed by atoms with Crippen LogP contribution in [0.2, 0.25) is 0 Å². The molecule has 0 amide bonds. The van der Waals surface area contributed by atoms with Crippen LogP contribution < -0.4 is 14.8 Å². The van der Waals surface area contributed by atoms with Crippen LogP contribution in [0.15, 0.2) is 34.9 Å². The fourth-order valence-corrected chi connectivity index (χ4v) is 2.96. The number of methoxy groups -OCH3 is 1. The van der Waals surface area contributed by atoms with Crippen LogP contribution in [0.1, 0.15) is 41.6 Å². The second kappa shape index (κ2) is 7.61. The molecular weight excluding hydrogens is 322 g/mol. The van der Waals surface area contributed by atoms with Gasteiger partial charge in [-0.3, -0.25) is 0 Å². The number of carbonyl (C=O) groups excluding carboxylic acids is 1. The molecule has 0 spiro atoms. The third-order valence-corrected chi connectivity index (χ3v) is 4.22. The molecule has 0 saturated heterocycles. The first-order valence-electron chi connectivity index (χ1n) is 8.37. The predicted octanol–water partition coefficient (Wildman–Crippen LogP) is 3.32. The molecule has 0 saturated carbocycles. The maximum atomic E-state index is 11.7. The smallest absolute Gasteiger partial charge is 0.374 e. The fraction of sp³-hybridized carbons (Fsp3) is 0.421. The summed E-state index contributed by atoms with van der Waals surface area (Å²) in [5, 5.41) is 3.50. The molecule has 6 nitrogen and oxygen atoms in total. The number of hydrogen-bond donors (Lipinski definition) is 1. The number of ether oxygens (including phenoxy) is 3. The van der Waals surface area contributed by atoms with Crippen molar-refractivity contribution in [3.8, 4) is 11.5 Å². The Balaban J connectivity index is 1.76. The van der Waals surface area contributed by atoms with E-state index in [-0.39, 0.29) is 11.8 Å². The lowest BCUT2D eigenvalue weighted by atomic mass is 9.95. The van der Waals surface area contributed by atoms with Crippen LogP contribution in [-0.2, 0) is 11.3 Å². The number of furan rings is 1. The van der Waals surface area contributed by atoms with Gasteiger partial charge >= 0.3 is 5.97 Å². The molecule has 0 aliphatic carbocycles. The number of carbonyl (C=O) groups is 1. The second-order valence-corrected chi connectivity index (χ2v) is 6.27. The van der Waals surface area contributed by atoms with E-state index < -0.39 is 5.97 Å². The molecule has 1 atom stereocenters. The molecule has 1 aliphatic heterocycles. The molecule has 0 bridgehead atoms. The van der Waals surface area contributed by atoms with E-state index in [1.54, 1.807) is 6.07 Å². The average Bonchev–Trinajstić information content (AvgIpc) is 3.09. The predicted molar refractivity (Wildman–Crippen MR) is 91.9 cm³/mol. The van der Waals surface area contributed by atoms with Crippen LogP contribution in [0.25, 0.3) is 0 Å². The molecule has 1 aliphatic rings. The van der Waals surface area contributed by atoms with Gasteiger partial charge in [0.05, 0.1) is 13.4 Å². The molecule has 2 aromatic rings. The van der Waals surface area contributed by atoms with Gasteiger partial charge in [-0.15, -0.1) is 0 Å². The molecule has 3 rings (SSSR count). The molecule has 0 fully saturated rings. The van der Waals surface area contributed by atoms with Crippen LogP contribution >= 0.6 is 0 Å².